The third-order valence-corrected chi connectivity index (χ3v) is 5.66. The molecule has 5 rings (SSSR count). The number of halogens is 5. The second-order valence-corrected chi connectivity index (χ2v) is 7.44. The highest BCUT2D eigenvalue weighted by molar-refractivity contribution is 6.11. The fourth-order valence-corrected chi connectivity index (χ4v) is 4.07. The molecule has 0 aliphatic heterocycles. The standard InChI is InChI=1S/C25H15F5N2O/c1-33-14-8-6-13(7-9-14)24-25-16(10-11-31-24)15-4-2-3-5-18(15)32(25)12-17-19(26)21(28)23(30)22(29)20(17)27/h2-11H,12H2,1H3. The van der Waals surface area contributed by atoms with E-state index in [1.54, 1.807) is 54.7 Å². The van der Waals surface area contributed by atoms with Gasteiger partial charge in [0.1, 0.15) is 5.75 Å². The Kier molecular flexibility index (Phi) is 5.00. The number of ether oxygens (including phenoxy) is 1. The van der Waals surface area contributed by atoms with Crippen LogP contribution in [0.15, 0.2) is 60.8 Å². The van der Waals surface area contributed by atoms with Crippen molar-refractivity contribution < 1.29 is 26.7 Å². The molecule has 0 aliphatic carbocycles. The van der Waals surface area contributed by atoms with Gasteiger partial charge in [0.25, 0.3) is 0 Å². The molecule has 0 saturated heterocycles. The molecule has 0 aliphatic rings. The number of methoxy groups -OCH3 is 1. The molecule has 3 nitrogen and oxygen atoms in total. The Balaban J connectivity index is 1.82. The summed E-state index contributed by atoms with van der Waals surface area (Å²) in [5.74, 6) is -9.21. The van der Waals surface area contributed by atoms with Gasteiger partial charge in [-0.1, -0.05) is 18.2 Å². The van der Waals surface area contributed by atoms with Crippen LogP contribution >= 0.6 is 0 Å². The van der Waals surface area contributed by atoms with Crippen LogP contribution in [-0.4, -0.2) is 16.7 Å². The molecule has 0 bridgehead atoms. The topological polar surface area (TPSA) is 27.1 Å². The van der Waals surface area contributed by atoms with Crippen LogP contribution < -0.4 is 4.74 Å². The maximum absolute atomic E-state index is 14.5. The Morgan fingerprint density at radius 1 is 0.758 bits per heavy atom. The highest BCUT2D eigenvalue weighted by Gasteiger charge is 2.27. The SMILES string of the molecule is COc1ccc(-c2nccc3c4ccccc4n(Cc4c(F)c(F)c(F)c(F)c4F)c23)cc1. The molecule has 0 saturated carbocycles. The summed E-state index contributed by atoms with van der Waals surface area (Å²) in [4.78, 5) is 4.47. The summed E-state index contributed by atoms with van der Waals surface area (Å²) in [7, 11) is 1.54. The van der Waals surface area contributed by atoms with Gasteiger partial charge in [0, 0.05) is 33.6 Å². The lowest BCUT2D eigenvalue weighted by molar-refractivity contribution is 0.369. The maximum atomic E-state index is 14.5. The van der Waals surface area contributed by atoms with Crippen molar-refractivity contribution in [3.05, 3.63) is 95.4 Å². The van der Waals surface area contributed by atoms with Gasteiger partial charge in [0.2, 0.25) is 5.82 Å². The molecule has 8 heteroatoms. The number of hydrogen-bond donors (Lipinski definition) is 0. The minimum atomic E-state index is -2.18. The first-order valence-corrected chi connectivity index (χ1v) is 9.93. The van der Waals surface area contributed by atoms with Crippen molar-refractivity contribution in [1.29, 1.82) is 0 Å². The molecule has 2 aromatic heterocycles. The fraction of sp³-hybridized carbons (Fsp3) is 0.0800. The lowest BCUT2D eigenvalue weighted by atomic mass is 10.1. The van der Waals surface area contributed by atoms with E-state index >= 15 is 0 Å². The predicted octanol–water partition coefficient (Wildman–Crippen LogP) is 6.61. The molecule has 5 aromatic rings. The van der Waals surface area contributed by atoms with E-state index in [9.17, 15) is 22.0 Å². The summed E-state index contributed by atoms with van der Waals surface area (Å²) < 4.78 is 77.1. The van der Waals surface area contributed by atoms with E-state index in [0.717, 1.165) is 10.8 Å². The lowest BCUT2D eigenvalue weighted by Crippen LogP contribution is -2.11. The van der Waals surface area contributed by atoms with Crippen molar-refractivity contribution in [2.75, 3.05) is 7.11 Å². The van der Waals surface area contributed by atoms with E-state index in [0.29, 0.717) is 28.0 Å². The third-order valence-electron chi connectivity index (χ3n) is 5.66. The molecule has 0 radical (unpaired) electrons. The second kappa shape index (κ2) is 7.88. The Morgan fingerprint density at radius 2 is 1.39 bits per heavy atom. The normalized spacial score (nSPS) is 11.5. The van der Waals surface area contributed by atoms with E-state index in [-0.39, 0.29) is 0 Å². The van der Waals surface area contributed by atoms with Crippen LogP contribution in [-0.2, 0) is 6.54 Å². The van der Waals surface area contributed by atoms with Crippen molar-refractivity contribution in [1.82, 2.24) is 9.55 Å². The second-order valence-electron chi connectivity index (χ2n) is 7.44. The van der Waals surface area contributed by atoms with Crippen LogP contribution in [0.2, 0.25) is 0 Å². The number of para-hydroxylation sites is 1. The largest absolute Gasteiger partial charge is 0.497 e. The Labute approximate surface area is 184 Å². The summed E-state index contributed by atoms with van der Waals surface area (Å²) in [5.41, 5.74) is 1.35. The van der Waals surface area contributed by atoms with Crippen LogP contribution in [0.1, 0.15) is 5.56 Å². The highest BCUT2D eigenvalue weighted by Crippen LogP contribution is 2.36. The Bertz CT molecular complexity index is 1500. The van der Waals surface area contributed by atoms with Gasteiger partial charge in [0.15, 0.2) is 23.3 Å². The van der Waals surface area contributed by atoms with Crippen LogP contribution in [0.3, 0.4) is 0 Å². The monoisotopic (exact) mass is 454 g/mol. The van der Waals surface area contributed by atoms with Gasteiger partial charge in [-0.2, -0.15) is 0 Å². The molecule has 0 unspecified atom stereocenters. The summed E-state index contributed by atoms with van der Waals surface area (Å²) in [6, 6.07) is 15.9. The number of nitrogens with zero attached hydrogens (tertiary/aromatic N) is 2. The van der Waals surface area contributed by atoms with Crippen LogP contribution in [0.5, 0.6) is 5.75 Å². The van der Waals surface area contributed by atoms with Gasteiger partial charge in [-0.3, -0.25) is 4.98 Å². The van der Waals surface area contributed by atoms with Crippen molar-refractivity contribution in [2.45, 2.75) is 6.54 Å². The van der Waals surface area contributed by atoms with Crippen LogP contribution in [0, 0.1) is 29.1 Å². The summed E-state index contributed by atoms with van der Waals surface area (Å²) in [6.45, 7) is -0.579. The summed E-state index contributed by atoms with van der Waals surface area (Å²) >= 11 is 0. The zero-order chi connectivity index (χ0) is 23.3. The fourth-order valence-electron chi connectivity index (χ4n) is 4.07. The van der Waals surface area contributed by atoms with Crippen molar-refractivity contribution in [2.24, 2.45) is 0 Å². The van der Waals surface area contributed by atoms with Gasteiger partial charge >= 0.3 is 0 Å². The molecule has 0 amide bonds. The van der Waals surface area contributed by atoms with Crippen molar-refractivity contribution in [3.63, 3.8) is 0 Å². The smallest absolute Gasteiger partial charge is 0.200 e. The zero-order valence-electron chi connectivity index (χ0n) is 17.2. The average Bonchev–Trinajstić information content (AvgIpc) is 3.18. The van der Waals surface area contributed by atoms with Gasteiger partial charge in [-0.05, 0) is 36.4 Å². The van der Waals surface area contributed by atoms with E-state index in [1.807, 2.05) is 6.07 Å². The van der Waals surface area contributed by atoms with Crippen LogP contribution in [0.4, 0.5) is 22.0 Å². The molecule has 0 fully saturated rings. The minimum absolute atomic E-state index is 0.496. The average molecular weight is 454 g/mol. The van der Waals surface area contributed by atoms with Gasteiger partial charge < -0.3 is 9.30 Å². The van der Waals surface area contributed by atoms with Crippen molar-refractivity contribution >= 4 is 21.8 Å². The summed E-state index contributed by atoms with van der Waals surface area (Å²) in [5, 5.41) is 1.49. The molecule has 0 spiro atoms. The molecular formula is C25H15F5N2O. The Morgan fingerprint density at radius 3 is 2.06 bits per heavy atom. The van der Waals surface area contributed by atoms with Gasteiger partial charge in [-0.25, -0.2) is 22.0 Å². The third kappa shape index (κ3) is 3.21. The van der Waals surface area contributed by atoms with E-state index in [4.69, 9.17) is 4.74 Å². The van der Waals surface area contributed by atoms with Crippen molar-refractivity contribution in [3.8, 4) is 17.0 Å². The number of hydrogen-bond acceptors (Lipinski definition) is 2. The molecule has 0 N–H and O–H groups in total. The summed E-state index contributed by atoms with van der Waals surface area (Å²) in [6.07, 6.45) is 1.61. The number of rotatable bonds is 4. The number of pyridine rings is 1. The number of aromatic nitrogens is 2. The Hall–Kier alpha value is -3.94. The molecule has 166 valence electrons. The molecule has 0 atom stereocenters. The van der Waals surface area contributed by atoms with Crippen LogP contribution in [0.25, 0.3) is 33.1 Å². The van der Waals surface area contributed by atoms with E-state index in [2.05, 4.69) is 4.98 Å². The first-order chi connectivity index (χ1) is 15.9. The number of benzene rings is 3. The predicted molar refractivity (Wildman–Crippen MR) is 115 cm³/mol. The quantitative estimate of drug-likeness (QED) is 0.174. The van der Waals surface area contributed by atoms with Gasteiger partial charge in [0.05, 0.1) is 24.9 Å². The highest BCUT2D eigenvalue weighted by atomic mass is 19.2. The first kappa shape index (κ1) is 20.9. The molecule has 33 heavy (non-hydrogen) atoms. The van der Waals surface area contributed by atoms with E-state index in [1.165, 1.54) is 11.7 Å². The number of fused-ring (bicyclic) bond motifs is 3. The zero-order valence-corrected chi connectivity index (χ0v) is 17.2. The molecular weight excluding hydrogens is 439 g/mol. The van der Waals surface area contributed by atoms with Gasteiger partial charge in [-0.15, -0.1) is 0 Å². The minimum Gasteiger partial charge on any atom is -0.497 e. The first-order valence-electron chi connectivity index (χ1n) is 9.93. The lowest BCUT2D eigenvalue weighted by Gasteiger charge is -2.13. The molecule has 2 heterocycles. The molecule has 3 aromatic carbocycles. The maximum Gasteiger partial charge on any atom is 0.200 e. The van der Waals surface area contributed by atoms with E-state index < -0.39 is 41.2 Å².